The van der Waals surface area contributed by atoms with Gasteiger partial charge in [-0.25, -0.2) is 20.9 Å². The van der Waals surface area contributed by atoms with E-state index in [0.29, 0.717) is 6.08 Å². The van der Waals surface area contributed by atoms with Gasteiger partial charge in [0.1, 0.15) is 0 Å². The minimum Gasteiger partial charge on any atom is -0.214 e. The first-order valence-corrected chi connectivity index (χ1v) is 5.03. The van der Waals surface area contributed by atoms with Crippen molar-refractivity contribution in [2.24, 2.45) is 0 Å². The number of hydrogen-bond acceptors (Lipinski definition) is 0. The van der Waals surface area contributed by atoms with Gasteiger partial charge in [-0.2, -0.15) is 35.8 Å². The fourth-order valence-corrected chi connectivity index (χ4v) is 1.19. The Hall–Kier alpha value is -1.04. The molecule has 10 heteroatoms. The van der Waals surface area contributed by atoms with Crippen LogP contribution in [0.25, 0.3) is 0 Å². The Labute approximate surface area is 137 Å². The first-order valence-electron chi connectivity index (χ1n) is 4.65. The molecule has 0 bridgehead atoms. The summed E-state index contributed by atoms with van der Waals surface area (Å²) in [6, 6.07) is 10.0. The molecule has 0 aliphatic heterocycles. The summed E-state index contributed by atoms with van der Waals surface area (Å²) < 4.78 is 87.5. The van der Waals surface area contributed by atoms with Crippen LogP contribution in [0.5, 0.6) is 0 Å². The molecule has 22 heavy (non-hydrogen) atoms. The molecule has 0 fully saturated rings. The van der Waals surface area contributed by atoms with Crippen LogP contribution in [0.15, 0.2) is 35.4 Å². The molecule has 0 aromatic heterocycles. The van der Waals surface area contributed by atoms with Crippen LogP contribution in [-0.2, 0) is 26.4 Å². The maximum Gasteiger partial charge on any atom is 6.00 e. The molecule has 1 aliphatic carbocycles. The van der Waals surface area contributed by atoms with Crippen LogP contribution in [0.1, 0.15) is 0 Å². The van der Waals surface area contributed by atoms with Crippen LogP contribution in [0.2, 0.25) is 0 Å². The van der Waals surface area contributed by atoms with Gasteiger partial charge in [-0.15, -0.1) is 11.6 Å². The molecule has 0 saturated carbocycles. The van der Waals surface area contributed by atoms with Crippen molar-refractivity contribution in [3.8, 4) is 0 Å². The second-order valence-corrected chi connectivity index (χ2v) is 3.50. The van der Waals surface area contributed by atoms with E-state index in [9.17, 15) is 26.3 Å². The molecule has 0 spiro atoms. The van der Waals surface area contributed by atoms with Crippen molar-refractivity contribution in [3.63, 3.8) is 0 Å². The van der Waals surface area contributed by atoms with Gasteiger partial charge in [-0.05, 0) is 0 Å². The fourth-order valence-electron chi connectivity index (χ4n) is 0.951. The molecule has 1 aromatic carbocycles. The smallest absolute Gasteiger partial charge is 0.214 e. The summed E-state index contributed by atoms with van der Waals surface area (Å²) in [5.74, 6) is -15.5. The molecular formula is C12H5ClF6FeO2+4. The van der Waals surface area contributed by atoms with Crippen molar-refractivity contribution < 1.29 is 52.7 Å². The Morgan fingerprint density at radius 2 is 1.32 bits per heavy atom. The third-order valence-corrected chi connectivity index (χ3v) is 2.22. The van der Waals surface area contributed by atoms with E-state index >= 15 is 0 Å². The van der Waals surface area contributed by atoms with Crippen LogP contribution < -0.4 is 0 Å². The van der Waals surface area contributed by atoms with E-state index in [1.54, 1.807) is 0 Å². The second kappa shape index (κ2) is 10.6. The summed E-state index contributed by atoms with van der Waals surface area (Å²) in [4.78, 5) is 0. The van der Waals surface area contributed by atoms with Crippen molar-refractivity contribution in [3.05, 3.63) is 54.7 Å². The number of halogens is 7. The summed E-state index contributed by atoms with van der Waals surface area (Å²) in [6.45, 7) is 9.00. The molecule has 0 amide bonds. The molecular weight excluding hydrogens is 381 g/mol. The van der Waals surface area contributed by atoms with Crippen molar-refractivity contribution in [2.45, 2.75) is 17.8 Å². The Balaban J connectivity index is -0.000000303. The Morgan fingerprint density at radius 3 is 1.41 bits per heavy atom. The van der Waals surface area contributed by atoms with Gasteiger partial charge in [0.2, 0.25) is 0 Å². The third-order valence-electron chi connectivity index (χ3n) is 1.89. The Morgan fingerprint density at radius 1 is 0.955 bits per heavy atom. The van der Waals surface area contributed by atoms with E-state index in [2.05, 4.69) is 24.9 Å². The quantitative estimate of drug-likeness (QED) is 0.278. The van der Waals surface area contributed by atoms with Gasteiger partial charge in [-0.1, -0.05) is 5.03 Å². The van der Waals surface area contributed by atoms with Crippen molar-refractivity contribution >= 4 is 11.6 Å². The van der Waals surface area contributed by atoms with Crippen LogP contribution in [0, 0.1) is 19.4 Å². The summed E-state index contributed by atoms with van der Waals surface area (Å²) in [5, 5.41) is -1.95. The summed E-state index contributed by atoms with van der Waals surface area (Å²) in [7, 11) is 0. The largest absolute Gasteiger partial charge is 6.00 e. The van der Waals surface area contributed by atoms with E-state index in [-0.39, 0.29) is 17.1 Å². The summed E-state index contributed by atoms with van der Waals surface area (Å²) in [5.41, 5.74) is 0. The predicted octanol–water partition coefficient (Wildman–Crippen LogP) is 4.16. The second-order valence-electron chi connectivity index (χ2n) is 3.12. The van der Waals surface area contributed by atoms with Gasteiger partial charge < -0.3 is 6.08 Å². The van der Waals surface area contributed by atoms with E-state index in [1.807, 2.05) is 30.3 Å². The first kappa shape index (κ1) is 25.9. The molecule has 0 heterocycles. The standard InChI is InChI=1S/C5ClF6.C5H5.2CO.Fe/c6-2-1-3(7,8)5(11,12)4(2,9)10;1-2-4-5-3-1;2*1-2;/h;1-5H;;;/q2*-1;;;+6. The molecule has 0 N–H and O–H groups in total. The van der Waals surface area contributed by atoms with Crippen molar-refractivity contribution in [1.29, 1.82) is 0 Å². The van der Waals surface area contributed by atoms with Crippen LogP contribution in [-0.4, -0.2) is 17.8 Å². The maximum absolute atomic E-state index is 12.1. The van der Waals surface area contributed by atoms with Gasteiger partial charge in [0.05, 0.1) is 0 Å². The van der Waals surface area contributed by atoms with E-state index in [1.165, 1.54) is 0 Å². The van der Waals surface area contributed by atoms with E-state index in [4.69, 9.17) is 9.30 Å². The summed E-state index contributed by atoms with van der Waals surface area (Å²) in [6.07, 6.45) is 0.522. The van der Waals surface area contributed by atoms with Gasteiger partial charge in [0.15, 0.2) is 5.92 Å². The SMILES string of the molecule is FC1(F)[C-]=C(Cl)C(F)(F)C1(F)F.[C-]#[O+].[C-]#[O+].[Fe+6].c1cc[cH-]c1. The topological polar surface area (TPSA) is 39.8 Å². The Kier molecular flexibility index (Phi) is 12.5. The number of hydrogen-bond donors (Lipinski definition) is 0. The minimum absolute atomic E-state index is 0. The van der Waals surface area contributed by atoms with Crippen molar-refractivity contribution in [2.75, 3.05) is 0 Å². The molecule has 0 radical (unpaired) electrons. The maximum atomic E-state index is 12.1. The zero-order chi connectivity index (χ0) is 17.3. The molecule has 2 nitrogen and oxygen atoms in total. The average molecular weight is 386 g/mol. The monoisotopic (exact) mass is 386 g/mol. The first-order chi connectivity index (χ1) is 9.63. The molecule has 0 atom stereocenters. The number of rotatable bonds is 0. The van der Waals surface area contributed by atoms with Crippen LogP contribution in [0.3, 0.4) is 0 Å². The zero-order valence-corrected chi connectivity index (χ0v) is 12.1. The minimum atomic E-state index is -5.49. The van der Waals surface area contributed by atoms with Crippen molar-refractivity contribution in [1.82, 2.24) is 0 Å². The molecule has 118 valence electrons. The van der Waals surface area contributed by atoms with E-state index in [0.717, 1.165) is 0 Å². The molecule has 1 aliphatic rings. The van der Waals surface area contributed by atoms with Crippen LogP contribution in [0.4, 0.5) is 26.3 Å². The molecule has 2 rings (SSSR count). The van der Waals surface area contributed by atoms with Crippen LogP contribution >= 0.6 is 11.6 Å². The number of alkyl halides is 6. The van der Waals surface area contributed by atoms with Gasteiger partial charge >= 0.3 is 51.5 Å². The van der Waals surface area contributed by atoms with E-state index < -0.39 is 22.8 Å². The van der Waals surface area contributed by atoms with Gasteiger partial charge in [0, 0.05) is 0 Å². The third kappa shape index (κ3) is 5.63. The summed E-state index contributed by atoms with van der Waals surface area (Å²) >= 11 is 4.47. The Bertz CT molecular complexity index is 459. The molecule has 1 aromatic rings. The van der Waals surface area contributed by atoms with Gasteiger partial charge in [-0.3, -0.25) is 0 Å². The molecule has 0 saturated heterocycles. The average Bonchev–Trinajstić information content (AvgIpc) is 3.04. The normalized spacial score (nSPS) is 18.4. The zero-order valence-electron chi connectivity index (χ0n) is 10.2. The number of allylic oxidation sites excluding steroid dienone is 2. The predicted molar refractivity (Wildman–Crippen MR) is 57.3 cm³/mol. The molecule has 0 unspecified atom stereocenters. The van der Waals surface area contributed by atoms with Gasteiger partial charge in [0.25, 0.3) is 0 Å². The fraction of sp³-hybridized carbons (Fsp3) is 0.250.